The van der Waals surface area contributed by atoms with Gasteiger partial charge in [0.25, 0.3) is 0 Å². The Bertz CT molecular complexity index is 727. The van der Waals surface area contributed by atoms with Crippen LogP contribution in [0.3, 0.4) is 0 Å². The van der Waals surface area contributed by atoms with Crippen LogP contribution >= 0.6 is 23.8 Å². The molecule has 0 saturated heterocycles. The number of carbonyl (C=O) groups is 1. The number of aromatic carboxylic acids is 1. The molecule has 0 spiro atoms. The maximum absolute atomic E-state index is 11.0. The first-order chi connectivity index (χ1) is 9.97. The molecule has 0 fully saturated rings. The van der Waals surface area contributed by atoms with Crippen LogP contribution in [-0.4, -0.2) is 22.4 Å². The summed E-state index contributed by atoms with van der Waals surface area (Å²) in [6, 6.07) is 7.98. The van der Waals surface area contributed by atoms with Crippen LogP contribution in [0.15, 0.2) is 39.9 Å². The average Bonchev–Trinajstić information content (AvgIpc) is 2.87. The fourth-order valence-electron chi connectivity index (χ4n) is 1.58. The van der Waals surface area contributed by atoms with Gasteiger partial charge in [0.1, 0.15) is 11.5 Å². The smallest absolute Gasteiger partial charge is 0.337 e. The van der Waals surface area contributed by atoms with Crippen LogP contribution in [0.4, 0.5) is 0 Å². The third-order valence-electron chi connectivity index (χ3n) is 2.47. The Morgan fingerprint density at radius 1 is 1.43 bits per heavy atom. The average molecular weight is 324 g/mol. The standard InChI is InChI=1S/C13H10ClN3O3S/c14-10-3-1-7(5-9(10)12(18)19)11-4-2-8(20-11)6-16-17-13(15)21/h1-6H,(H,18,19)(H3,15,17,21)/b16-6-. The molecule has 0 aliphatic rings. The van der Waals surface area contributed by atoms with E-state index in [1.165, 1.54) is 18.3 Å². The van der Waals surface area contributed by atoms with Gasteiger partial charge in [-0.2, -0.15) is 5.10 Å². The zero-order chi connectivity index (χ0) is 15.4. The molecule has 0 bridgehead atoms. The molecule has 1 aromatic carbocycles. The first kappa shape index (κ1) is 15.0. The molecule has 0 aliphatic heterocycles. The van der Waals surface area contributed by atoms with Gasteiger partial charge in [0.05, 0.1) is 16.8 Å². The van der Waals surface area contributed by atoms with E-state index in [0.29, 0.717) is 17.1 Å². The predicted molar refractivity (Wildman–Crippen MR) is 83.6 cm³/mol. The van der Waals surface area contributed by atoms with Crippen molar-refractivity contribution in [2.75, 3.05) is 0 Å². The molecule has 4 N–H and O–H groups in total. The van der Waals surface area contributed by atoms with Crippen molar-refractivity contribution in [1.82, 2.24) is 5.43 Å². The lowest BCUT2D eigenvalue weighted by Gasteiger charge is -2.01. The van der Waals surface area contributed by atoms with Crippen molar-refractivity contribution < 1.29 is 14.3 Å². The van der Waals surface area contributed by atoms with E-state index >= 15 is 0 Å². The fourth-order valence-corrected chi connectivity index (χ4v) is 1.83. The van der Waals surface area contributed by atoms with Crippen molar-refractivity contribution in [2.45, 2.75) is 0 Å². The van der Waals surface area contributed by atoms with Gasteiger partial charge in [-0.3, -0.25) is 5.43 Å². The number of halogens is 1. The number of thiocarbonyl (C=S) groups is 1. The van der Waals surface area contributed by atoms with Crippen molar-refractivity contribution >= 4 is 41.1 Å². The Labute approximate surface area is 130 Å². The van der Waals surface area contributed by atoms with E-state index in [4.69, 9.17) is 26.9 Å². The number of rotatable bonds is 4. The zero-order valence-electron chi connectivity index (χ0n) is 10.5. The third-order valence-corrected chi connectivity index (χ3v) is 2.90. The third kappa shape index (κ3) is 3.80. The second kappa shape index (κ2) is 6.38. The lowest BCUT2D eigenvalue weighted by Crippen LogP contribution is -2.23. The quantitative estimate of drug-likeness (QED) is 0.454. The largest absolute Gasteiger partial charge is 0.478 e. The molecule has 6 nitrogen and oxygen atoms in total. The van der Waals surface area contributed by atoms with Crippen LogP contribution in [0.1, 0.15) is 16.1 Å². The van der Waals surface area contributed by atoms with Crippen molar-refractivity contribution in [3.63, 3.8) is 0 Å². The molecule has 0 atom stereocenters. The van der Waals surface area contributed by atoms with Crippen molar-refractivity contribution in [3.05, 3.63) is 46.7 Å². The maximum Gasteiger partial charge on any atom is 0.337 e. The molecule has 21 heavy (non-hydrogen) atoms. The minimum atomic E-state index is -1.10. The number of nitrogens with one attached hydrogen (secondary N) is 1. The number of benzene rings is 1. The summed E-state index contributed by atoms with van der Waals surface area (Å²) in [6.07, 6.45) is 1.40. The fraction of sp³-hybridized carbons (Fsp3) is 0. The van der Waals surface area contributed by atoms with Gasteiger partial charge in [-0.15, -0.1) is 0 Å². The minimum absolute atomic E-state index is 0.0101. The molecule has 0 unspecified atom stereocenters. The van der Waals surface area contributed by atoms with E-state index in [-0.39, 0.29) is 15.7 Å². The molecular formula is C13H10ClN3O3S. The highest BCUT2D eigenvalue weighted by molar-refractivity contribution is 7.80. The zero-order valence-corrected chi connectivity index (χ0v) is 12.1. The summed E-state index contributed by atoms with van der Waals surface area (Å²) in [7, 11) is 0. The van der Waals surface area contributed by atoms with Crippen molar-refractivity contribution in [3.8, 4) is 11.3 Å². The van der Waals surface area contributed by atoms with Gasteiger partial charge in [0.15, 0.2) is 5.11 Å². The molecule has 0 amide bonds. The Balaban J connectivity index is 2.25. The number of hydrazone groups is 1. The number of nitrogens with zero attached hydrogens (tertiary/aromatic N) is 1. The van der Waals surface area contributed by atoms with Gasteiger partial charge < -0.3 is 15.3 Å². The van der Waals surface area contributed by atoms with E-state index in [1.807, 2.05) is 0 Å². The summed E-state index contributed by atoms with van der Waals surface area (Å²) in [6.45, 7) is 0. The SMILES string of the molecule is NC(=S)N/N=C\c1ccc(-c2ccc(Cl)c(C(=O)O)c2)o1. The summed E-state index contributed by atoms with van der Waals surface area (Å²) in [5, 5.41) is 13.0. The first-order valence-electron chi connectivity index (χ1n) is 5.69. The molecule has 2 rings (SSSR count). The summed E-state index contributed by atoms with van der Waals surface area (Å²) in [4.78, 5) is 11.0. The van der Waals surface area contributed by atoms with Crippen LogP contribution in [0.5, 0.6) is 0 Å². The molecule has 8 heteroatoms. The monoisotopic (exact) mass is 323 g/mol. The van der Waals surface area contributed by atoms with E-state index in [1.54, 1.807) is 18.2 Å². The normalized spacial score (nSPS) is 10.7. The summed E-state index contributed by atoms with van der Waals surface area (Å²) < 4.78 is 5.52. The minimum Gasteiger partial charge on any atom is -0.478 e. The second-order valence-corrected chi connectivity index (χ2v) is 4.78. The summed E-state index contributed by atoms with van der Waals surface area (Å²) in [5.74, 6) is -0.151. The molecule has 0 aliphatic carbocycles. The topological polar surface area (TPSA) is 101 Å². The highest BCUT2D eigenvalue weighted by Crippen LogP contribution is 2.26. The molecule has 1 aromatic heterocycles. The van der Waals surface area contributed by atoms with Crippen LogP contribution in [0.2, 0.25) is 5.02 Å². The van der Waals surface area contributed by atoms with Gasteiger partial charge in [-0.1, -0.05) is 11.6 Å². The van der Waals surface area contributed by atoms with Crippen molar-refractivity contribution in [1.29, 1.82) is 0 Å². The van der Waals surface area contributed by atoms with Crippen LogP contribution in [0.25, 0.3) is 11.3 Å². The van der Waals surface area contributed by atoms with Gasteiger partial charge >= 0.3 is 5.97 Å². The number of hydrogen-bond donors (Lipinski definition) is 3. The molecule has 0 radical (unpaired) electrons. The van der Waals surface area contributed by atoms with E-state index < -0.39 is 5.97 Å². The van der Waals surface area contributed by atoms with Crippen LogP contribution in [0, 0.1) is 0 Å². The van der Waals surface area contributed by atoms with Crippen LogP contribution in [-0.2, 0) is 0 Å². The number of carboxylic acid groups (broad SMARTS) is 1. The molecule has 2 aromatic rings. The van der Waals surface area contributed by atoms with E-state index in [2.05, 4.69) is 22.7 Å². The van der Waals surface area contributed by atoms with Gasteiger partial charge in [0, 0.05) is 5.56 Å². The lowest BCUT2D eigenvalue weighted by molar-refractivity contribution is 0.0697. The Morgan fingerprint density at radius 2 is 2.19 bits per heavy atom. The lowest BCUT2D eigenvalue weighted by atomic mass is 10.1. The maximum atomic E-state index is 11.0. The van der Waals surface area contributed by atoms with E-state index in [9.17, 15) is 4.79 Å². The molecule has 0 saturated carbocycles. The number of hydrogen-bond acceptors (Lipinski definition) is 4. The second-order valence-electron chi connectivity index (χ2n) is 3.94. The van der Waals surface area contributed by atoms with Gasteiger partial charge in [-0.05, 0) is 42.5 Å². The highest BCUT2D eigenvalue weighted by atomic mass is 35.5. The summed E-state index contributed by atoms with van der Waals surface area (Å²) >= 11 is 10.4. The molecular weight excluding hydrogens is 314 g/mol. The van der Waals surface area contributed by atoms with Gasteiger partial charge in [-0.25, -0.2) is 4.79 Å². The van der Waals surface area contributed by atoms with Gasteiger partial charge in [0.2, 0.25) is 0 Å². The molecule has 108 valence electrons. The van der Waals surface area contributed by atoms with Crippen molar-refractivity contribution in [2.24, 2.45) is 10.8 Å². The Kier molecular flexibility index (Phi) is 4.56. The number of carboxylic acids is 1. The Morgan fingerprint density at radius 3 is 2.86 bits per heavy atom. The van der Waals surface area contributed by atoms with E-state index in [0.717, 1.165) is 0 Å². The number of furan rings is 1. The summed E-state index contributed by atoms with van der Waals surface area (Å²) in [5.41, 5.74) is 8.22. The predicted octanol–water partition coefficient (Wildman–Crippen LogP) is 2.47. The van der Waals surface area contributed by atoms with Crippen LogP contribution < -0.4 is 11.2 Å². The highest BCUT2D eigenvalue weighted by Gasteiger charge is 2.12. The molecule has 1 heterocycles. The number of nitrogens with two attached hydrogens (primary N) is 1. The Hall–Kier alpha value is -2.38. The first-order valence-corrected chi connectivity index (χ1v) is 6.47.